The molecule has 2 aromatic rings. The molecule has 0 unspecified atom stereocenters. The number of halogens is 1. The van der Waals surface area contributed by atoms with Gasteiger partial charge < -0.3 is 4.74 Å². The van der Waals surface area contributed by atoms with E-state index in [0.717, 1.165) is 11.3 Å². The molecule has 106 valence electrons. The van der Waals surface area contributed by atoms with Gasteiger partial charge in [-0.2, -0.15) is 0 Å². The van der Waals surface area contributed by atoms with E-state index >= 15 is 0 Å². The number of pyridine rings is 1. The predicted octanol–water partition coefficient (Wildman–Crippen LogP) is 2.38. The summed E-state index contributed by atoms with van der Waals surface area (Å²) < 4.78 is 31.3. The van der Waals surface area contributed by atoms with Crippen molar-refractivity contribution in [3.63, 3.8) is 0 Å². The van der Waals surface area contributed by atoms with E-state index in [9.17, 15) is 13.2 Å². The van der Waals surface area contributed by atoms with E-state index in [0.29, 0.717) is 0 Å². The minimum absolute atomic E-state index is 0.0000118. The highest BCUT2D eigenvalue weighted by Crippen LogP contribution is 2.27. The van der Waals surface area contributed by atoms with Crippen molar-refractivity contribution in [1.82, 2.24) is 4.98 Å². The molecule has 0 aromatic carbocycles. The molecule has 2 heterocycles. The Morgan fingerprint density at radius 1 is 1.45 bits per heavy atom. The lowest BCUT2D eigenvalue weighted by atomic mass is 10.4. The van der Waals surface area contributed by atoms with Gasteiger partial charge in [-0.15, -0.1) is 11.3 Å². The predicted molar refractivity (Wildman–Crippen MR) is 75.7 cm³/mol. The molecule has 0 aliphatic heterocycles. The first-order valence-corrected chi connectivity index (χ1v) is 7.99. The Balaban J connectivity index is 2.40. The first-order valence-electron chi connectivity index (χ1n) is 5.25. The number of sulfonamides is 1. The maximum Gasteiger partial charge on any atom is 0.349 e. The molecule has 2 aromatic heterocycles. The fourth-order valence-corrected chi connectivity index (χ4v) is 4.04. The molecule has 0 saturated carbocycles. The van der Waals surface area contributed by atoms with Crippen LogP contribution in [0.3, 0.4) is 0 Å². The molecule has 1 N–H and O–H groups in total. The topological polar surface area (TPSA) is 85.4 Å². The number of methoxy groups -OCH3 is 1. The second kappa shape index (κ2) is 5.78. The van der Waals surface area contributed by atoms with Crippen LogP contribution in [-0.4, -0.2) is 26.5 Å². The third kappa shape index (κ3) is 2.92. The fourth-order valence-electron chi connectivity index (χ4n) is 1.41. The zero-order chi connectivity index (χ0) is 14.8. The Morgan fingerprint density at radius 3 is 2.85 bits per heavy atom. The van der Waals surface area contributed by atoms with Gasteiger partial charge >= 0.3 is 5.97 Å². The van der Waals surface area contributed by atoms with Crippen LogP contribution >= 0.6 is 22.9 Å². The second-order valence-electron chi connectivity index (χ2n) is 3.55. The smallest absolute Gasteiger partial charge is 0.349 e. The number of nitrogens with one attached hydrogen (secondary N) is 1. The molecule has 0 atom stereocenters. The number of rotatable bonds is 4. The van der Waals surface area contributed by atoms with E-state index in [4.69, 9.17) is 11.6 Å². The Morgan fingerprint density at radius 2 is 2.20 bits per heavy atom. The van der Waals surface area contributed by atoms with Crippen molar-refractivity contribution in [2.24, 2.45) is 0 Å². The maximum absolute atomic E-state index is 12.3. The zero-order valence-electron chi connectivity index (χ0n) is 10.2. The highest BCUT2D eigenvalue weighted by molar-refractivity contribution is 7.93. The number of hydrogen-bond donors (Lipinski definition) is 1. The molecule has 0 amide bonds. The molecule has 0 radical (unpaired) electrons. The third-order valence-electron chi connectivity index (χ3n) is 2.29. The van der Waals surface area contributed by atoms with Crippen molar-refractivity contribution < 1.29 is 17.9 Å². The Hall–Kier alpha value is -1.64. The van der Waals surface area contributed by atoms with Gasteiger partial charge in [-0.25, -0.2) is 18.2 Å². The van der Waals surface area contributed by atoms with E-state index in [1.165, 1.54) is 30.8 Å². The summed E-state index contributed by atoms with van der Waals surface area (Å²) >= 11 is 6.78. The molecule has 6 nitrogen and oxygen atoms in total. The van der Waals surface area contributed by atoms with Crippen LogP contribution in [0.15, 0.2) is 34.7 Å². The van der Waals surface area contributed by atoms with Gasteiger partial charge in [-0.3, -0.25) is 4.72 Å². The molecule has 2 rings (SSSR count). The lowest BCUT2D eigenvalue weighted by molar-refractivity contribution is 0.0602. The summed E-state index contributed by atoms with van der Waals surface area (Å²) in [5.41, 5.74) is 0.135. The highest BCUT2D eigenvalue weighted by atomic mass is 35.5. The number of anilines is 1. The Kier molecular flexibility index (Phi) is 4.26. The van der Waals surface area contributed by atoms with E-state index in [2.05, 4.69) is 14.4 Å². The Labute approximate surface area is 124 Å². The van der Waals surface area contributed by atoms with Crippen molar-refractivity contribution in [3.8, 4) is 0 Å². The number of esters is 1. The van der Waals surface area contributed by atoms with Gasteiger partial charge in [0.05, 0.1) is 12.8 Å². The third-order valence-corrected chi connectivity index (χ3v) is 5.03. The summed E-state index contributed by atoms with van der Waals surface area (Å²) in [4.78, 5) is 15.1. The maximum atomic E-state index is 12.3. The fraction of sp³-hybridized carbons (Fsp3) is 0.0909. The number of aromatic nitrogens is 1. The van der Waals surface area contributed by atoms with E-state index in [1.807, 2.05) is 0 Å². The number of hydrogen-bond acceptors (Lipinski definition) is 6. The van der Waals surface area contributed by atoms with Gasteiger partial charge in [0, 0.05) is 6.20 Å². The van der Waals surface area contributed by atoms with E-state index < -0.39 is 16.0 Å². The number of nitrogens with zero attached hydrogens (tertiary/aromatic N) is 1. The van der Waals surface area contributed by atoms with Crippen molar-refractivity contribution >= 4 is 44.6 Å². The quantitative estimate of drug-likeness (QED) is 0.686. The van der Waals surface area contributed by atoms with Crippen molar-refractivity contribution in [2.75, 3.05) is 11.8 Å². The van der Waals surface area contributed by atoms with Gasteiger partial charge in [-0.05, 0) is 23.6 Å². The SMILES string of the molecule is COC(=O)c1sccc1S(=O)(=O)Nc1cccnc1Cl. The normalized spacial score (nSPS) is 11.1. The largest absolute Gasteiger partial charge is 0.465 e. The zero-order valence-corrected chi connectivity index (χ0v) is 12.6. The summed E-state index contributed by atoms with van der Waals surface area (Å²) in [6.45, 7) is 0. The first kappa shape index (κ1) is 14.8. The van der Waals surface area contributed by atoms with E-state index in [-0.39, 0.29) is 20.6 Å². The number of carbonyl (C=O) groups is 1. The summed E-state index contributed by atoms with van der Waals surface area (Å²) in [6, 6.07) is 4.33. The summed E-state index contributed by atoms with van der Waals surface area (Å²) in [5, 5.41) is 1.51. The molecule has 20 heavy (non-hydrogen) atoms. The molecule has 0 aliphatic rings. The average Bonchev–Trinajstić information content (AvgIpc) is 2.90. The molecule has 0 fully saturated rings. The van der Waals surface area contributed by atoms with Gasteiger partial charge in [0.1, 0.15) is 9.77 Å². The van der Waals surface area contributed by atoms with Crippen LogP contribution in [0, 0.1) is 0 Å². The van der Waals surface area contributed by atoms with Crippen molar-refractivity contribution in [3.05, 3.63) is 39.8 Å². The van der Waals surface area contributed by atoms with Crippen LogP contribution in [-0.2, 0) is 14.8 Å². The van der Waals surface area contributed by atoms with E-state index in [1.54, 1.807) is 6.07 Å². The first-order chi connectivity index (χ1) is 9.45. The van der Waals surface area contributed by atoms with Crippen LogP contribution in [0.25, 0.3) is 0 Å². The van der Waals surface area contributed by atoms with Crippen molar-refractivity contribution in [1.29, 1.82) is 0 Å². The molecule has 0 bridgehead atoms. The monoisotopic (exact) mass is 332 g/mol. The lowest BCUT2D eigenvalue weighted by Crippen LogP contribution is -2.16. The van der Waals surface area contributed by atoms with Crippen molar-refractivity contribution in [2.45, 2.75) is 4.90 Å². The van der Waals surface area contributed by atoms with Crippen LogP contribution < -0.4 is 4.72 Å². The van der Waals surface area contributed by atoms with Crippen LogP contribution in [0.2, 0.25) is 5.15 Å². The molecule has 9 heteroatoms. The summed E-state index contributed by atoms with van der Waals surface area (Å²) in [7, 11) is -2.76. The number of carbonyl (C=O) groups excluding carboxylic acids is 1. The second-order valence-corrected chi connectivity index (χ2v) is 6.48. The minimum Gasteiger partial charge on any atom is -0.465 e. The van der Waals surface area contributed by atoms with Gasteiger partial charge in [0.25, 0.3) is 10.0 Å². The molecule has 0 saturated heterocycles. The van der Waals surface area contributed by atoms with Crippen LogP contribution in [0.5, 0.6) is 0 Å². The molecule has 0 spiro atoms. The van der Waals surface area contributed by atoms with Gasteiger partial charge in [-0.1, -0.05) is 11.6 Å². The summed E-state index contributed by atoms with van der Waals surface area (Å²) in [5.74, 6) is -0.711. The lowest BCUT2D eigenvalue weighted by Gasteiger charge is -2.08. The number of ether oxygens (including phenoxy) is 1. The van der Waals surface area contributed by atoms with Crippen LogP contribution in [0.4, 0.5) is 5.69 Å². The summed E-state index contributed by atoms with van der Waals surface area (Å²) in [6.07, 6.45) is 1.44. The minimum atomic E-state index is -3.94. The number of thiophene rings is 1. The average molecular weight is 333 g/mol. The molecular formula is C11H9ClN2O4S2. The standard InChI is InChI=1S/C11H9ClN2O4S2/c1-18-11(15)9-8(4-6-19-9)20(16,17)14-7-3-2-5-13-10(7)12/h2-6,14H,1H3. The molecule has 0 aliphatic carbocycles. The van der Waals surface area contributed by atoms with Crippen LogP contribution in [0.1, 0.15) is 9.67 Å². The highest BCUT2D eigenvalue weighted by Gasteiger charge is 2.25. The Bertz CT molecular complexity index is 742. The van der Waals surface area contributed by atoms with Gasteiger partial charge in [0.2, 0.25) is 0 Å². The molecular weight excluding hydrogens is 324 g/mol. The van der Waals surface area contributed by atoms with Gasteiger partial charge in [0.15, 0.2) is 5.15 Å².